The zero-order valence-corrected chi connectivity index (χ0v) is 27.6. The number of ether oxygens (including phenoxy) is 1. The molecule has 7 heteroatoms. The Balaban J connectivity index is 1.10. The van der Waals surface area contributed by atoms with Gasteiger partial charge in [0, 0.05) is 44.4 Å². The van der Waals surface area contributed by atoms with Gasteiger partial charge in [-0.05, 0) is 59.7 Å². The van der Waals surface area contributed by atoms with E-state index in [1.807, 2.05) is 91.1 Å². The molecule has 0 radical (unpaired) electrons. The maximum Gasteiger partial charge on any atom is 0.238 e. The topological polar surface area (TPSA) is 78.6 Å². The van der Waals surface area contributed by atoms with Crippen molar-refractivity contribution in [2.45, 2.75) is 0 Å². The fraction of sp³-hybridized carbons (Fsp3) is 0. The molecule has 10 aromatic rings. The van der Waals surface area contributed by atoms with Gasteiger partial charge in [-0.1, -0.05) is 103 Å². The van der Waals surface area contributed by atoms with E-state index in [0.29, 0.717) is 23.5 Å². The molecule has 0 saturated heterocycles. The van der Waals surface area contributed by atoms with E-state index in [4.69, 9.17) is 29.7 Å². The van der Waals surface area contributed by atoms with Gasteiger partial charge in [-0.25, -0.2) is 9.97 Å². The Hall–Kier alpha value is -7.25. The molecule has 1 aliphatic rings. The van der Waals surface area contributed by atoms with E-state index in [1.165, 1.54) is 0 Å². The maximum absolute atomic E-state index is 6.30. The number of para-hydroxylation sites is 2. The molecule has 7 nitrogen and oxygen atoms in total. The van der Waals surface area contributed by atoms with Gasteiger partial charge in [0.1, 0.15) is 5.75 Å². The van der Waals surface area contributed by atoms with Crippen LogP contribution in [0.5, 0.6) is 11.6 Å². The Morgan fingerprint density at radius 3 is 1.90 bits per heavy atom. The van der Waals surface area contributed by atoms with E-state index in [0.717, 1.165) is 82.7 Å². The summed E-state index contributed by atoms with van der Waals surface area (Å²) in [4.78, 5) is 24.8. The van der Waals surface area contributed by atoms with Crippen LogP contribution in [0.4, 0.5) is 0 Å². The molecule has 4 aromatic heterocycles. The summed E-state index contributed by atoms with van der Waals surface area (Å²) < 4.78 is 8.45. The Kier molecular flexibility index (Phi) is 6.12. The van der Waals surface area contributed by atoms with Gasteiger partial charge in [-0.15, -0.1) is 0 Å². The molecular formula is C45H26N6O. The summed E-state index contributed by atoms with van der Waals surface area (Å²) in [6.07, 6.45) is 1.88. The van der Waals surface area contributed by atoms with Crippen molar-refractivity contribution in [2.24, 2.45) is 0 Å². The number of rotatable bonds is 4. The molecule has 0 N–H and O–H groups in total. The molecule has 11 rings (SSSR count). The zero-order valence-electron chi connectivity index (χ0n) is 27.6. The normalized spacial score (nSPS) is 12.0. The minimum atomic E-state index is 0.570. The summed E-state index contributed by atoms with van der Waals surface area (Å²) in [7, 11) is 0. The second kappa shape index (κ2) is 11.1. The quantitative estimate of drug-likeness (QED) is 0.174. The first kappa shape index (κ1) is 28.6. The lowest BCUT2D eigenvalue weighted by molar-refractivity contribution is 0.469. The molecule has 0 aliphatic carbocycles. The third-order valence-electron chi connectivity index (χ3n) is 9.92. The van der Waals surface area contributed by atoms with Crippen molar-refractivity contribution in [3.63, 3.8) is 0 Å². The summed E-state index contributed by atoms with van der Waals surface area (Å²) in [5.74, 6) is 3.18. The van der Waals surface area contributed by atoms with Gasteiger partial charge in [0.05, 0.1) is 27.6 Å². The third-order valence-corrected chi connectivity index (χ3v) is 9.92. The number of pyridine rings is 2. The first-order valence-corrected chi connectivity index (χ1v) is 17.2. The maximum atomic E-state index is 6.30. The van der Waals surface area contributed by atoms with Crippen LogP contribution in [-0.4, -0.2) is 29.5 Å². The largest absolute Gasteiger partial charge is 0.438 e. The van der Waals surface area contributed by atoms with E-state index in [-0.39, 0.29) is 0 Å². The van der Waals surface area contributed by atoms with Crippen LogP contribution in [0.25, 0.3) is 94.6 Å². The van der Waals surface area contributed by atoms with Crippen LogP contribution in [0.2, 0.25) is 0 Å². The van der Waals surface area contributed by atoms with Crippen molar-refractivity contribution in [3.8, 4) is 62.7 Å². The molecule has 0 fully saturated rings. The van der Waals surface area contributed by atoms with Gasteiger partial charge in [-0.2, -0.15) is 9.97 Å². The van der Waals surface area contributed by atoms with Crippen LogP contribution in [-0.2, 0) is 0 Å². The van der Waals surface area contributed by atoms with Gasteiger partial charge in [0.2, 0.25) is 11.8 Å². The predicted octanol–water partition coefficient (Wildman–Crippen LogP) is 10.8. The molecule has 5 heterocycles. The molecule has 1 aliphatic heterocycles. The summed E-state index contributed by atoms with van der Waals surface area (Å²) in [5.41, 5.74) is 8.84. The SMILES string of the molecule is c1ccc(-c2nc(-c3ccccc3)nc(-n3c4ccccc4c4cc(-c5ccc6nc7c8c(nccc8c6c5)-c5ccccc5O7)ccc43)n2)cc1. The highest BCUT2D eigenvalue weighted by Crippen LogP contribution is 2.46. The van der Waals surface area contributed by atoms with Crippen molar-refractivity contribution < 1.29 is 4.74 Å². The molecule has 6 aromatic carbocycles. The van der Waals surface area contributed by atoms with Crippen LogP contribution >= 0.6 is 0 Å². The van der Waals surface area contributed by atoms with Gasteiger partial charge < -0.3 is 4.74 Å². The van der Waals surface area contributed by atoms with Crippen molar-refractivity contribution in [2.75, 3.05) is 0 Å². The van der Waals surface area contributed by atoms with Gasteiger partial charge in [0.25, 0.3) is 0 Å². The van der Waals surface area contributed by atoms with Crippen LogP contribution in [0.1, 0.15) is 0 Å². The van der Waals surface area contributed by atoms with Crippen LogP contribution in [0.3, 0.4) is 0 Å². The summed E-state index contributed by atoms with van der Waals surface area (Å²) >= 11 is 0. The average molecular weight is 667 g/mol. The Morgan fingerprint density at radius 1 is 0.462 bits per heavy atom. The molecule has 0 amide bonds. The van der Waals surface area contributed by atoms with Crippen LogP contribution in [0, 0.1) is 0 Å². The van der Waals surface area contributed by atoms with Crippen LogP contribution in [0.15, 0.2) is 158 Å². The molecule has 0 atom stereocenters. The highest BCUT2D eigenvalue weighted by atomic mass is 16.5. The van der Waals surface area contributed by atoms with E-state index >= 15 is 0 Å². The average Bonchev–Trinajstić information content (AvgIpc) is 3.55. The Labute approximate surface area is 297 Å². The molecule has 0 unspecified atom stereocenters. The molecule has 242 valence electrons. The van der Waals surface area contributed by atoms with Crippen molar-refractivity contribution in [1.82, 2.24) is 29.5 Å². The van der Waals surface area contributed by atoms with E-state index in [9.17, 15) is 0 Å². The van der Waals surface area contributed by atoms with E-state index in [1.54, 1.807) is 0 Å². The van der Waals surface area contributed by atoms with Gasteiger partial charge in [0.15, 0.2) is 11.6 Å². The second-order valence-electron chi connectivity index (χ2n) is 12.9. The highest BCUT2D eigenvalue weighted by Gasteiger charge is 2.24. The molecule has 0 bridgehead atoms. The minimum absolute atomic E-state index is 0.570. The number of aromatic nitrogens is 6. The molecular weight excluding hydrogens is 641 g/mol. The van der Waals surface area contributed by atoms with Crippen molar-refractivity contribution in [1.29, 1.82) is 0 Å². The summed E-state index contributed by atoms with van der Waals surface area (Å²) in [6.45, 7) is 0. The second-order valence-corrected chi connectivity index (χ2v) is 12.9. The number of nitrogens with zero attached hydrogens (tertiary/aromatic N) is 6. The molecule has 52 heavy (non-hydrogen) atoms. The smallest absolute Gasteiger partial charge is 0.238 e. The monoisotopic (exact) mass is 666 g/mol. The Bertz CT molecular complexity index is 2990. The van der Waals surface area contributed by atoms with Crippen molar-refractivity contribution in [3.05, 3.63) is 158 Å². The zero-order chi connectivity index (χ0) is 34.2. The number of benzene rings is 6. The molecule has 0 saturated carbocycles. The summed E-state index contributed by atoms with van der Waals surface area (Å²) in [5, 5.41) is 5.29. The van der Waals surface area contributed by atoms with E-state index < -0.39 is 0 Å². The van der Waals surface area contributed by atoms with Gasteiger partial charge in [-0.3, -0.25) is 9.55 Å². The molecule has 0 spiro atoms. The summed E-state index contributed by atoms with van der Waals surface area (Å²) in [6, 6.07) is 51.7. The fourth-order valence-electron chi connectivity index (χ4n) is 7.50. The van der Waals surface area contributed by atoms with Gasteiger partial charge >= 0.3 is 0 Å². The standard InChI is InChI=1S/C45H26N6O/c1-3-11-27(12-4-1)42-48-43(28-13-5-2-6-14-28)50-45(49-42)51-37-17-9-7-15-31(37)35-26-30(20-22-38(35)51)29-19-21-36-34(25-29)32-23-24-46-41-33-16-8-10-18-39(33)52-44(47-36)40(32)41/h1-26H. The first-order chi connectivity index (χ1) is 25.8. The first-order valence-electron chi connectivity index (χ1n) is 17.2. The fourth-order valence-corrected chi connectivity index (χ4v) is 7.50. The number of hydrogen-bond acceptors (Lipinski definition) is 6. The third kappa shape index (κ3) is 4.36. The number of fused-ring (bicyclic) bond motifs is 7. The number of hydrogen-bond donors (Lipinski definition) is 0. The lowest BCUT2D eigenvalue weighted by Crippen LogP contribution is -2.06. The minimum Gasteiger partial charge on any atom is -0.438 e. The van der Waals surface area contributed by atoms with Crippen molar-refractivity contribution >= 4 is 43.5 Å². The Morgan fingerprint density at radius 2 is 1.12 bits per heavy atom. The van der Waals surface area contributed by atoms with Crippen LogP contribution < -0.4 is 4.74 Å². The lowest BCUT2D eigenvalue weighted by Gasteiger charge is -2.20. The lowest BCUT2D eigenvalue weighted by atomic mass is 9.96. The predicted molar refractivity (Wildman–Crippen MR) is 207 cm³/mol. The van der Waals surface area contributed by atoms with E-state index in [2.05, 4.69) is 71.3 Å². The highest BCUT2D eigenvalue weighted by molar-refractivity contribution is 6.15.